The van der Waals surface area contributed by atoms with E-state index in [0.717, 1.165) is 24.1 Å². The Hall–Kier alpha value is -2.81. The van der Waals surface area contributed by atoms with Crippen LogP contribution < -0.4 is 9.47 Å². The molecule has 1 unspecified atom stereocenters. The van der Waals surface area contributed by atoms with Gasteiger partial charge >= 0.3 is 12.1 Å². The number of fused-ring (bicyclic) bond motifs is 1. The summed E-state index contributed by atoms with van der Waals surface area (Å²) in [5.41, 5.74) is -0.161. The van der Waals surface area contributed by atoms with Crippen LogP contribution in [0.3, 0.4) is 0 Å². The molecular formula is C21H19F4NO4. The Balaban J connectivity index is 1.37. The highest BCUT2D eigenvalue weighted by Crippen LogP contribution is 2.34. The second kappa shape index (κ2) is 7.79. The number of carboxylic acids is 1. The van der Waals surface area contributed by atoms with Gasteiger partial charge in [0.15, 0.2) is 0 Å². The van der Waals surface area contributed by atoms with E-state index < -0.39 is 23.5 Å². The summed E-state index contributed by atoms with van der Waals surface area (Å²) in [6.07, 6.45) is -4.05. The van der Waals surface area contributed by atoms with Crippen molar-refractivity contribution in [2.45, 2.75) is 25.2 Å². The van der Waals surface area contributed by atoms with Gasteiger partial charge in [0.2, 0.25) is 0 Å². The molecule has 160 valence electrons. The fourth-order valence-corrected chi connectivity index (χ4v) is 3.67. The molecule has 0 aromatic heterocycles. The number of carbonyl (C=O) groups is 1. The Morgan fingerprint density at radius 2 is 1.97 bits per heavy atom. The van der Waals surface area contributed by atoms with Crippen LogP contribution in [0.2, 0.25) is 0 Å². The quantitative estimate of drug-likeness (QED) is 0.740. The molecule has 2 aromatic rings. The zero-order chi connectivity index (χ0) is 21.5. The lowest BCUT2D eigenvalue weighted by Gasteiger charge is -2.43. The molecule has 0 aliphatic carbocycles. The van der Waals surface area contributed by atoms with E-state index in [2.05, 4.69) is 4.90 Å². The highest BCUT2D eigenvalue weighted by molar-refractivity contribution is 5.71. The molecule has 2 aliphatic heterocycles. The van der Waals surface area contributed by atoms with E-state index in [1.165, 1.54) is 6.07 Å². The topological polar surface area (TPSA) is 59.0 Å². The van der Waals surface area contributed by atoms with Gasteiger partial charge in [-0.25, -0.2) is 4.39 Å². The number of nitrogens with zero attached hydrogens (tertiary/aromatic N) is 1. The Labute approximate surface area is 169 Å². The second-order valence-electron chi connectivity index (χ2n) is 7.53. The van der Waals surface area contributed by atoms with Crippen molar-refractivity contribution in [1.29, 1.82) is 0 Å². The normalized spacial score (nSPS) is 19.5. The van der Waals surface area contributed by atoms with Crippen molar-refractivity contribution in [3.63, 3.8) is 0 Å². The number of ether oxygens (including phenoxy) is 2. The van der Waals surface area contributed by atoms with Crippen LogP contribution in [0.4, 0.5) is 17.6 Å². The summed E-state index contributed by atoms with van der Waals surface area (Å²) in [4.78, 5) is 13.0. The van der Waals surface area contributed by atoms with Crippen molar-refractivity contribution < 1.29 is 36.9 Å². The Bertz CT molecular complexity index is 957. The van der Waals surface area contributed by atoms with Gasteiger partial charge in [-0.1, -0.05) is 12.1 Å². The molecule has 0 saturated carbocycles. The summed E-state index contributed by atoms with van der Waals surface area (Å²) in [6.45, 7) is 1.31. The van der Waals surface area contributed by atoms with Gasteiger partial charge in [0.05, 0.1) is 11.5 Å². The maximum Gasteiger partial charge on any atom is 0.419 e. The molecular weight excluding hydrogens is 406 g/mol. The highest BCUT2D eigenvalue weighted by atomic mass is 19.4. The Kier molecular flexibility index (Phi) is 5.31. The predicted molar refractivity (Wildman–Crippen MR) is 97.9 cm³/mol. The third kappa shape index (κ3) is 4.21. The molecule has 5 nitrogen and oxygen atoms in total. The summed E-state index contributed by atoms with van der Waals surface area (Å²) in [7, 11) is 0. The number of likely N-dealkylation sites (tertiary alicyclic amines) is 1. The van der Waals surface area contributed by atoms with Crippen molar-refractivity contribution in [1.82, 2.24) is 4.90 Å². The molecule has 0 amide bonds. The third-order valence-electron chi connectivity index (χ3n) is 5.44. The molecule has 30 heavy (non-hydrogen) atoms. The average Bonchev–Trinajstić information content (AvgIpc) is 2.65. The summed E-state index contributed by atoms with van der Waals surface area (Å²) in [5.74, 6) is -1.37. The largest absolute Gasteiger partial charge is 0.492 e. The number of aliphatic carboxylic acids is 1. The van der Waals surface area contributed by atoms with Crippen LogP contribution in [0.25, 0.3) is 0 Å². The van der Waals surface area contributed by atoms with Gasteiger partial charge in [0.1, 0.15) is 30.5 Å². The molecule has 1 N–H and O–H groups in total. The van der Waals surface area contributed by atoms with Crippen molar-refractivity contribution in [3.05, 3.63) is 58.9 Å². The van der Waals surface area contributed by atoms with Crippen LogP contribution in [-0.2, 0) is 24.0 Å². The van der Waals surface area contributed by atoms with Gasteiger partial charge in [-0.3, -0.25) is 9.69 Å². The van der Waals surface area contributed by atoms with Gasteiger partial charge in [-0.2, -0.15) is 13.2 Å². The third-order valence-corrected chi connectivity index (χ3v) is 5.44. The molecule has 1 atom stereocenters. The van der Waals surface area contributed by atoms with E-state index in [-0.39, 0.29) is 24.1 Å². The average molecular weight is 425 g/mol. The second-order valence-corrected chi connectivity index (χ2v) is 7.53. The Morgan fingerprint density at radius 1 is 1.20 bits per heavy atom. The van der Waals surface area contributed by atoms with Crippen LogP contribution in [0.5, 0.6) is 11.5 Å². The Morgan fingerprint density at radius 3 is 2.67 bits per heavy atom. The van der Waals surface area contributed by atoms with E-state index in [1.54, 1.807) is 12.1 Å². The van der Waals surface area contributed by atoms with Gasteiger partial charge in [0, 0.05) is 25.2 Å². The summed E-state index contributed by atoms with van der Waals surface area (Å²) >= 11 is 0. The number of halogens is 4. The van der Waals surface area contributed by atoms with Gasteiger partial charge in [-0.05, 0) is 35.7 Å². The molecule has 9 heteroatoms. The summed E-state index contributed by atoms with van der Waals surface area (Å²) < 4.78 is 63.2. The molecule has 0 bridgehead atoms. The minimum Gasteiger partial charge on any atom is -0.492 e. The first-order valence-corrected chi connectivity index (χ1v) is 9.41. The molecule has 4 rings (SSSR count). The SMILES string of the molecule is O=C(O)C1CN(C2COc3cc(OCc4ccc(F)c(C(F)(F)F)c4)ccc3C2)C1. The molecule has 0 spiro atoms. The van der Waals surface area contributed by atoms with E-state index in [1.807, 2.05) is 6.07 Å². The fraction of sp³-hybridized carbons (Fsp3) is 0.381. The first kappa shape index (κ1) is 20.5. The van der Waals surface area contributed by atoms with E-state index >= 15 is 0 Å². The van der Waals surface area contributed by atoms with Gasteiger partial charge in [-0.15, -0.1) is 0 Å². The van der Waals surface area contributed by atoms with Crippen LogP contribution >= 0.6 is 0 Å². The minimum absolute atomic E-state index is 0.111. The van der Waals surface area contributed by atoms with Crippen LogP contribution in [0.1, 0.15) is 16.7 Å². The lowest BCUT2D eigenvalue weighted by molar-refractivity contribution is -0.149. The smallest absolute Gasteiger partial charge is 0.419 e. The van der Waals surface area contributed by atoms with Crippen LogP contribution in [-0.4, -0.2) is 41.7 Å². The maximum absolute atomic E-state index is 13.4. The number of carboxylic acid groups (broad SMARTS) is 1. The molecule has 0 radical (unpaired) electrons. The lowest BCUT2D eigenvalue weighted by atomic mass is 9.93. The standard InChI is InChI=1S/C21H19F4NO4/c22-18-4-1-12(5-17(18)21(23,24)25)10-29-16-3-2-13-6-15(11-30-19(13)7-16)26-8-14(9-26)20(27)28/h1-5,7,14-15H,6,8-11H2,(H,27,28). The van der Waals surface area contributed by atoms with Crippen molar-refractivity contribution >= 4 is 5.97 Å². The highest BCUT2D eigenvalue weighted by Gasteiger charge is 2.38. The zero-order valence-electron chi connectivity index (χ0n) is 15.8. The first-order chi connectivity index (χ1) is 14.2. The number of benzene rings is 2. The fourth-order valence-electron chi connectivity index (χ4n) is 3.67. The van der Waals surface area contributed by atoms with E-state index in [9.17, 15) is 22.4 Å². The summed E-state index contributed by atoms with van der Waals surface area (Å²) in [6, 6.07) is 8.10. The van der Waals surface area contributed by atoms with Crippen LogP contribution in [0.15, 0.2) is 36.4 Å². The monoisotopic (exact) mass is 425 g/mol. The maximum atomic E-state index is 13.4. The van der Waals surface area contributed by atoms with E-state index in [0.29, 0.717) is 31.2 Å². The lowest BCUT2D eigenvalue weighted by Crippen LogP contribution is -2.57. The van der Waals surface area contributed by atoms with Crippen molar-refractivity contribution in [3.8, 4) is 11.5 Å². The van der Waals surface area contributed by atoms with Crippen molar-refractivity contribution in [2.75, 3.05) is 19.7 Å². The number of hydrogen-bond acceptors (Lipinski definition) is 4. The number of hydrogen-bond donors (Lipinski definition) is 1. The number of rotatable bonds is 5. The molecule has 1 saturated heterocycles. The predicted octanol–water partition coefficient (Wildman–Crippen LogP) is 3.74. The minimum atomic E-state index is -4.77. The molecule has 2 aromatic carbocycles. The zero-order valence-corrected chi connectivity index (χ0v) is 15.8. The van der Waals surface area contributed by atoms with Crippen molar-refractivity contribution in [2.24, 2.45) is 5.92 Å². The molecule has 2 aliphatic rings. The first-order valence-electron chi connectivity index (χ1n) is 9.41. The summed E-state index contributed by atoms with van der Waals surface area (Å²) in [5, 5.41) is 8.99. The van der Waals surface area contributed by atoms with Gasteiger partial charge in [0.25, 0.3) is 0 Å². The number of alkyl halides is 3. The van der Waals surface area contributed by atoms with E-state index in [4.69, 9.17) is 14.6 Å². The van der Waals surface area contributed by atoms with Gasteiger partial charge < -0.3 is 14.6 Å². The molecule has 1 fully saturated rings. The van der Waals surface area contributed by atoms with Crippen LogP contribution in [0, 0.1) is 11.7 Å². The molecule has 2 heterocycles.